The Hall–Kier alpha value is -1.26. The molecule has 92 valence electrons. The van der Waals surface area contributed by atoms with Crippen molar-refractivity contribution in [2.75, 3.05) is 6.54 Å². The highest BCUT2D eigenvalue weighted by Gasteiger charge is 2.42. The number of alkyl carbamates (subject to hydrolysis) is 1. The van der Waals surface area contributed by atoms with E-state index in [0.29, 0.717) is 6.54 Å². The average molecular weight is 228 g/mol. The van der Waals surface area contributed by atoms with Gasteiger partial charge in [0.15, 0.2) is 0 Å². The van der Waals surface area contributed by atoms with Crippen molar-refractivity contribution in [3.8, 4) is 0 Å². The topological polar surface area (TPSA) is 67.4 Å². The van der Waals surface area contributed by atoms with Crippen LogP contribution in [0.3, 0.4) is 0 Å². The number of nitrogens with one attached hydrogen (secondary N) is 2. The molecule has 1 saturated heterocycles. The number of rotatable bonds is 1. The maximum atomic E-state index is 11.5. The van der Waals surface area contributed by atoms with E-state index in [0.717, 1.165) is 0 Å². The summed E-state index contributed by atoms with van der Waals surface area (Å²) in [6.45, 7) is 9.76. The highest BCUT2D eigenvalue weighted by atomic mass is 16.6. The van der Waals surface area contributed by atoms with Crippen molar-refractivity contribution in [2.24, 2.45) is 5.41 Å². The molecule has 0 aromatic carbocycles. The molecular weight excluding hydrogens is 208 g/mol. The molecule has 0 radical (unpaired) electrons. The summed E-state index contributed by atoms with van der Waals surface area (Å²) < 4.78 is 5.11. The minimum absolute atomic E-state index is 0.157. The maximum absolute atomic E-state index is 11.5. The number of hydrogen-bond acceptors (Lipinski definition) is 3. The summed E-state index contributed by atoms with van der Waals surface area (Å²) in [6.07, 6.45) is -0.553. The predicted molar refractivity (Wildman–Crippen MR) is 59.9 cm³/mol. The number of carbonyl (C=O) groups is 2. The average Bonchev–Trinajstić information content (AvgIpc) is 2.28. The molecule has 1 heterocycles. The van der Waals surface area contributed by atoms with Gasteiger partial charge in [-0.3, -0.25) is 4.79 Å². The Morgan fingerprint density at radius 3 is 2.44 bits per heavy atom. The van der Waals surface area contributed by atoms with Gasteiger partial charge in [-0.1, -0.05) is 13.8 Å². The van der Waals surface area contributed by atoms with E-state index >= 15 is 0 Å². The van der Waals surface area contributed by atoms with Gasteiger partial charge in [-0.25, -0.2) is 4.79 Å². The molecule has 5 heteroatoms. The van der Waals surface area contributed by atoms with Gasteiger partial charge in [-0.05, 0) is 20.8 Å². The van der Waals surface area contributed by atoms with Crippen LogP contribution in [0.25, 0.3) is 0 Å². The molecule has 16 heavy (non-hydrogen) atoms. The third kappa shape index (κ3) is 3.12. The second-order valence-electron chi connectivity index (χ2n) is 5.79. The van der Waals surface area contributed by atoms with Crippen LogP contribution >= 0.6 is 0 Å². The third-order valence-corrected chi connectivity index (χ3v) is 2.42. The van der Waals surface area contributed by atoms with Crippen LogP contribution in [0, 0.1) is 5.41 Å². The normalized spacial score (nSPS) is 23.8. The van der Waals surface area contributed by atoms with Crippen molar-refractivity contribution in [2.45, 2.75) is 46.3 Å². The first-order valence-corrected chi connectivity index (χ1v) is 5.39. The van der Waals surface area contributed by atoms with Crippen molar-refractivity contribution < 1.29 is 14.3 Å². The van der Waals surface area contributed by atoms with E-state index in [9.17, 15) is 9.59 Å². The molecule has 1 aliphatic rings. The van der Waals surface area contributed by atoms with Crippen molar-refractivity contribution in [3.63, 3.8) is 0 Å². The number of carbonyl (C=O) groups excluding carboxylic acids is 2. The summed E-state index contributed by atoms with van der Waals surface area (Å²) >= 11 is 0. The molecule has 0 aromatic heterocycles. The van der Waals surface area contributed by atoms with Gasteiger partial charge in [-0.2, -0.15) is 0 Å². The lowest BCUT2D eigenvalue weighted by Crippen LogP contribution is -2.48. The van der Waals surface area contributed by atoms with Gasteiger partial charge >= 0.3 is 6.09 Å². The summed E-state index contributed by atoms with van der Waals surface area (Å²) in [6, 6.07) is -0.526. The number of amides is 2. The molecule has 1 rings (SSSR count). The zero-order chi connectivity index (χ0) is 12.6. The first-order valence-electron chi connectivity index (χ1n) is 5.39. The van der Waals surface area contributed by atoms with Crippen molar-refractivity contribution >= 4 is 12.0 Å². The van der Waals surface area contributed by atoms with Crippen LogP contribution in [-0.2, 0) is 9.53 Å². The fourth-order valence-corrected chi connectivity index (χ4v) is 1.56. The lowest BCUT2D eigenvalue weighted by Gasteiger charge is -2.26. The molecule has 2 amide bonds. The van der Waals surface area contributed by atoms with E-state index < -0.39 is 17.7 Å². The van der Waals surface area contributed by atoms with Gasteiger partial charge in [0.2, 0.25) is 5.91 Å². The summed E-state index contributed by atoms with van der Waals surface area (Å²) in [7, 11) is 0. The smallest absolute Gasteiger partial charge is 0.408 e. The summed E-state index contributed by atoms with van der Waals surface area (Å²) in [5.74, 6) is -0.157. The quantitative estimate of drug-likeness (QED) is 0.704. The largest absolute Gasteiger partial charge is 0.444 e. The molecule has 0 bridgehead atoms. The predicted octanol–water partition coefficient (Wildman–Crippen LogP) is 1.04. The first-order chi connectivity index (χ1) is 7.12. The molecule has 0 aliphatic carbocycles. The second-order valence-corrected chi connectivity index (χ2v) is 5.79. The standard InChI is InChI=1S/C11H20N2O3/c1-10(2,3)16-9(15)13-7-8(14)12-6-11(7,4)5/h7H,6H2,1-5H3,(H,12,14)(H,13,15). The van der Waals surface area contributed by atoms with Crippen LogP contribution in [0.1, 0.15) is 34.6 Å². The molecule has 1 unspecified atom stereocenters. The van der Waals surface area contributed by atoms with Gasteiger partial charge in [0.25, 0.3) is 0 Å². The molecular formula is C11H20N2O3. The fraction of sp³-hybridized carbons (Fsp3) is 0.818. The molecule has 0 aromatic rings. The van der Waals surface area contributed by atoms with E-state index in [-0.39, 0.29) is 11.3 Å². The molecule has 5 nitrogen and oxygen atoms in total. The Bertz CT molecular complexity index is 305. The van der Waals surface area contributed by atoms with E-state index in [1.165, 1.54) is 0 Å². The Morgan fingerprint density at radius 1 is 1.50 bits per heavy atom. The molecule has 0 spiro atoms. The van der Waals surface area contributed by atoms with Crippen molar-refractivity contribution in [1.82, 2.24) is 10.6 Å². The lowest BCUT2D eigenvalue weighted by molar-refractivity contribution is -0.121. The van der Waals surface area contributed by atoms with Gasteiger partial charge < -0.3 is 15.4 Å². The molecule has 1 fully saturated rings. The minimum atomic E-state index is -0.553. The molecule has 0 saturated carbocycles. The summed E-state index contributed by atoms with van der Waals surface area (Å²) in [5.41, 5.74) is -0.836. The van der Waals surface area contributed by atoms with E-state index in [4.69, 9.17) is 4.74 Å². The zero-order valence-corrected chi connectivity index (χ0v) is 10.5. The van der Waals surface area contributed by atoms with Gasteiger partial charge in [0.1, 0.15) is 11.6 Å². The van der Waals surface area contributed by atoms with Crippen LogP contribution in [-0.4, -0.2) is 30.2 Å². The first kappa shape index (κ1) is 12.8. The highest BCUT2D eigenvalue weighted by molar-refractivity contribution is 5.88. The Labute approximate surface area is 95.9 Å². The zero-order valence-electron chi connectivity index (χ0n) is 10.5. The number of ether oxygens (including phenoxy) is 1. The third-order valence-electron chi connectivity index (χ3n) is 2.42. The highest BCUT2D eigenvalue weighted by Crippen LogP contribution is 2.25. The molecule has 2 N–H and O–H groups in total. The Kier molecular flexibility index (Phi) is 3.17. The second kappa shape index (κ2) is 3.96. The van der Waals surface area contributed by atoms with Crippen molar-refractivity contribution in [3.05, 3.63) is 0 Å². The summed E-state index contributed by atoms with van der Waals surface area (Å²) in [5, 5.41) is 5.32. The van der Waals surface area contributed by atoms with E-state index in [1.807, 2.05) is 13.8 Å². The summed E-state index contributed by atoms with van der Waals surface area (Å²) in [4.78, 5) is 23.0. The SMILES string of the molecule is CC(C)(C)OC(=O)NC1C(=O)NCC1(C)C. The van der Waals surface area contributed by atoms with E-state index in [2.05, 4.69) is 10.6 Å². The molecule has 1 atom stereocenters. The fourth-order valence-electron chi connectivity index (χ4n) is 1.56. The van der Waals surface area contributed by atoms with Crippen LogP contribution < -0.4 is 10.6 Å². The van der Waals surface area contributed by atoms with Gasteiger partial charge in [-0.15, -0.1) is 0 Å². The van der Waals surface area contributed by atoms with Crippen LogP contribution in [0.5, 0.6) is 0 Å². The van der Waals surface area contributed by atoms with Gasteiger partial charge in [0.05, 0.1) is 0 Å². The van der Waals surface area contributed by atoms with Crippen LogP contribution in [0.15, 0.2) is 0 Å². The Morgan fingerprint density at radius 2 is 2.06 bits per heavy atom. The van der Waals surface area contributed by atoms with Crippen molar-refractivity contribution in [1.29, 1.82) is 0 Å². The van der Waals surface area contributed by atoms with Crippen LogP contribution in [0.4, 0.5) is 4.79 Å². The van der Waals surface area contributed by atoms with E-state index in [1.54, 1.807) is 20.8 Å². The Balaban J connectivity index is 2.60. The van der Waals surface area contributed by atoms with Crippen LogP contribution in [0.2, 0.25) is 0 Å². The van der Waals surface area contributed by atoms with Gasteiger partial charge in [0, 0.05) is 12.0 Å². The maximum Gasteiger partial charge on any atom is 0.408 e. The lowest BCUT2D eigenvalue weighted by atomic mass is 9.88. The monoisotopic (exact) mass is 228 g/mol. The molecule has 1 aliphatic heterocycles. The minimum Gasteiger partial charge on any atom is -0.444 e. The number of hydrogen-bond donors (Lipinski definition) is 2.